The summed E-state index contributed by atoms with van der Waals surface area (Å²) < 4.78 is 6.46. The SMILES string of the molecule is Cc1cc2c(c(-c3c(-c4ccccc4-c4ccccc4)nnnc3-c3ccc4oc5ccccc5c4c3-c3ccccc3)c1C)Cc1ccccc1-2. The van der Waals surface area contributed by atoms with Crippen molar-refractivity contribution >= 4 is 21.9 Å². The number of hydrogen-bond acceptors (Lipinski definition) is 4. The molecule has 0 fully saturated rings. The van der Waals surface area contributed by atoms with Gasteiger partial charge >= 0.3 is 0 Å². The van der Waals surface area contributed by atoms with Gasteiger partial charge < -0.3 is 4.42 Å². The maximum atomic E-state index is 6.46. The lowest BCUT2D eigenvalue weighted by Crippen LogP contribution is -2.05. The molecule has 1 aliphatic rings. The summed E-state index contributed by atoms with van der Waals surface area (Å²) in [6, 6.07) is 53.4. The molecule has 7 aromatic carbocycles. The average Bonchev–Trinajstić information content (AvgIpc) is 3.77. The fourth-order valence-electron chi connectivity index (χ4n) is 8.28. The summed E-state index contributed by atoms with van der Waals surface area (Å²) in [4.78, 5) is 0. The third-order valence-electron chi connectivity index (χ3n) is 10.8. The number of rotatable bonds is 5. The van der Waals surface area contributed by atoms with Gasteiger partial charge in [0.2, 0.25) is 0 Å². The van der Waals surface area contributed by atoms with E-state index in [9.17, 15) is 0 Å². The Morgan fingerprint density at radius 2 is 1.12 bits per heavy atom. The molecule has 2 heterocycles. The Kier molecular flexibility index (Phi) is 6.97. The number of aromatic nitrogens is 3. The van der Waals surface area contributed by atoms with Crippen molar-refractivity contribution in [2.24, 2.45) is 0 Å². The topological polar surface area (TPSA) is 51.8 Å². The smallest absolute Gasteiger partial charge is 0.136 e. The summed E-state index contributed by atoms with van der Waals surface area (Å²) >= 11 is 0. The van der Waals surface area contributed by atoms with Gasteiger partial charge in [-0.25, -0.2) is 0 Å². The van der Waals surface area contributed by atoms with Crippen molar-refractivity contribution in [3.05, 3.63) is 174 Å². The van der Waals surface area contributed by atoms with E-state index in [1.165, 1.54) is 38.9 Å². The minimum Gasteiger partial charge on any atom is -0.456 e. The van der Waals surface area contributed by atoms with Gasteiger partial charge in [-0.1, -0.05) is 133 Å². The first-order valence-corrected chi connectivity index (χ1v) is 17.8. The van der Waals surface area contributed by atoms with Gasteiger partial charge in [-0.05, 0) is 99.3 Å². The van der Waals surface area contributed by atoms with Gasteiger partial charge in [0.1, 0.15) is 22.6 Å². The van der Waals surface area contributed by atoms with Gasteiger partial charge in [0.25, 0.3) is 0 Å². The molecule has 4 heteroatoms. The maximum Gasteiger partial charge on any atom is 0.136 e. The predicted octanol–water partition coefficient (Wildman–Crippen LogP) is 12.3. The summed E-state index contributed by atoms with van der Waals surface area (Å²) in [6.07, 6.45) is 0.834. The van der Waals surface area contributed by atoms with Gasteiger partial charge in [0.15, 0.2) is 0 Å². The molecule has 0 aliphatic heterocycles. The summed E-state index contributed by atoms with van der Waals surface area (Å²) in [6.45, 7) is 4.47. The minimum absolute atomic E-state index is 0.797. The lowest BCUT2D eigenvalue weighted by atomic mass is 9.82. The monoisotopic (exact) mass is 667 g/mol. The lowest BCUT2D eigenvalue weighted by molar-refractivity contribution is 0.669. The molecule has 52 heavy (non-hydrogen) atoms. The molecule has 0 spiro atoms. The van der Waals surface area contributed by atoms with Crippen LogP contribution in [-0.4, -0.2) is 15.4 Å². The quantitative estimate of drug-likeness (QED) is 0.183. The summed E-state index contributed by atoms with van der Waals surface area (Å²) in [5.41, 5.74) is 19.5. The number of aryl methyl sites for hydroxylation is 1. The molecule has 0 atom stereocenters. The second-order valence-corrected chi connectivity index (χ2v) is 13.7. The molecule has 0 unspecified atom stereocenters. The Bertz CT molecular complexity index is 2840. The number of nitrogens with zero attached hydrogens (tertiary/aromatic N) is 3. The number of hydrogen-bond donors (Lipinski definition) is 0. The highest BCUT2D eigenvalue weighted by atomic mass is 16.3. The van der Waals surface area contributed by atoms with E-state index in [0.29, 0.717) is 0 Å². The van der Waals surface area contributed by atoms with E-state index in [0.717, 1.165) is 78.7 Å². The van der Waals surface area contributed by atoms with Crippen molar-refractivity contribution in [2.75, 3.05) is 0 Å². The zero-order chi connectivity index (χ0) is 34.8. The van der Waals surface area contributed by atoms with Crippen LogP contribution in [0.3, 0.4) is 0 Å². The van der Waals surface area contributed by atoms with Crippen LogP contribution < -0.4 is 0 Å². The Balaban J connectivity index is 1.37. The maximum absolute atomic E-state index is 6.46. The first-order chi connectivity index (χ1) is 25.7. The molecule has 246 valence electrons. The highest BCUT2D eigenvalue weighted by Crippen LogP contribution is 2.51. The van der Waals surface area contributed by atoms with E-state index in [1.54, 1.807) is 0 Å². The molecule has 0 saturated heterocycles. The second kappa shape index (κ2) is 12.0. The molecule has 0 saturated carbocycles. The zero-order valence-electron chi connectivity index (χ0n) is 28.9. The molecular formula is C48H33N3O. The summed E-state index contributed by atoms with van der Waals surface area (Å²) in [5, 5.41) is 16.7. The molecule has 4 nitrogen and oxygen atoms in total. The molecule has 2 aromatic heterocycles. The van der Waals surface area contributed by atoms with Crippen molar-refractivity contribution in [3.63, 3.8) is 0 Å². The van der Waals surface area contributed by atoms with Crippen molar-refractivity contribution in [1.29, 1.82) is 0 Å². The van der Waals surface area contributed by atoms with E-state index in [4.69, 9.17) is 14.6 Å². The van der Waals surface area contributed by atoms with Gasteiger partial charge in [0, 0.05) is 33.0 Å². The van der Waals surface area contributed by atoms with E-state index in [-0.39, 0.29) is 0 Å². The van der Waals surface area contributed by atoms with Gasteiger partial charge in [0.05, 0.1) is 0 Å². The van der Waals surface area contributed by atoms with Crippen molar-refractivity contribution in [1.82, 2.24) is 15.4 Å². The highest BCUT2D eigenvalue weighted by Gasteiger charge is 2.31. The molecule has 0 radical (unpaired) electrons. The fraction of sp³-hybridized carbons (Fsp3) is 0.0625. The van der Waals surface area contributed by atoms with Gasteiger partial charge in [-0.3, -0.25) is 0 Å². The third kappa shape index (κ3) is 4.65. The van der Waals surface area contributed by atoms with Gasteiger partial charge in [-0.2, -0.15) is 0 Å². The molecule has 0 N–H and O–H groups in total. The van der Waals surface area contributed by atoms with Crippen LogP contribution in [0.15, 0.2) is 156 Å². The molecule has 10 rings (SSSR count). The molecule has 0 amide bonds. The van der Waals surface area contributed by atoms with Crippen LogP contribution in [0.4, 0.5) is 0 Å². The standard InChI is InChI=1S/C48H33N3O/c1-29-27-39-35-21-10-9-19-33(35)28-40(39)43(30(29)2)46-47(36-22-12-11-20-34(36)31-15-5-3-6-16-31)49-51-50-48(46)38-25-26-42-45(37-23-13-14-24-41(37)52-42)44(38)32-17-7-4-8-18-32/h3-27H,28H2,1-2H3. The Morgan fingerprint density at radius 1 is 0.481 bits per heavy atom. The van der Waals surface area contributed by atoms with Crippen LogP contribution in [0.5, 0.6) is 0 Å². The second-order valence-electron chi connectivity index (χ2n) is 13.7. The van der Waals surface area contributed by atoms with Crippen LogP contribution >= 0.6 is 0 Å². The Hall–Kier alpha value is -6.65. The third-order valence-corrected chi connectivity index (χ3v) is 10.8. The summed E-state index contributed by atoms with van der Waals surface area (Å²) in [5.74, 6) is 0. The van der Waals surface area contributed by atoms with E-state index >= 15 is 0 Å². The molecule has 0 bridgehead atoms. The highest BCUT2D eigenvalue weighted by molar-refractivity contribution is 6.16. The number of benzene rings is 7. The zero-order valence-corrected chi connectivity index (χ0v) is 28.9. The van der Waals surface area contributed by atoms with Crippen LogP contribution in [-0.2, 0) is 6.42 Å². The average molecular weight is 668 g/mol. The minimum atomic E-state index is 0.797. The fourth-order valence-corrected chi connectivity index (χ4v) is 8.28. The number of fused-ring (bicyclic) bond motifs is 6. The summed E-state index contributed by atoms with van der Waals surface area (Å²) in [7, 11) is 0. The first kappa shape index (κ1) is 30.2. The number of para-hydroxylation sites is 1. The van der Waals surface area contributed by atoms with Crippen molar-refractivity contribution in [2.45, 2.75) is 20.3 Å². The van der Waals surface area contributed by atoms with Crippen molar-refractivity contribution in [3.8, 4) is 67.0 Å². The normalized spacial score (nSPS) is 12.0. The van der Waals surface area contributed by atoms with E-state index in [1.807, 2.05) is 12.1 Å². The first-order valence-electron chi connectivity index (χ1n) is 17.8. The van der Waals surface area contributed by atoms with Crippen molar-refractivity contribution < 1.29 is 4.42 Å². The Labute approximate surface area is 302 Å². The predicted molar refractivity (Wildman–Crippen MR) is 212 cm³/mol. The Morgan fingerprint density at radius 3 is 1.90 bits per heavy atom. The molecule has 9 aromatic rings. The molecular weight excluding hydrogens is 635 g/mol. The largest absolute Gasteiger partial charge is 0.456 e. The van der Waals surface area contributed by atoms with E-state index in [2.05, 4.69) is 159 Å². The lowest BCUT2D eigenvalue weighted by Gasteiger charge is -2.22. The van der Waals surface area contributed by atoms with Crippen LogP contribution in [0.2, 0.25) is 0 Å². The van der Waals surface area contributed by atoms with Crippen LogP contribution in [0.25, 0.3) is 89.0 Å². The van der Waals surface area contributed by atoms with Gasteiger partial charge in [-0.15, -0.1) is 10.2 Å². The number of furan rings is 1. The van der Waals surface area contributed by atoms with Crippen LogP contribution in [0.1, 0.15) is 22.3 Å². The molecule has 1 aliphatic carbocycles. The van der Waals surface area contributed by atoms with Crippen LogP contribution in [0, 0.1) is 13.8 Å². The van der Waals surface area contributed by atoms with E-state index < -0.39 is 0 Å².